The largest absolute Gasteiger partial charge is 0.389 e. The standard InChI is InChI=1S/C16H31NO/c1-15(2)8-10-16(18,11-9-15)13-17-12-14-6-4-3-5-7-14/h14,17-18H,3-13H2,1-2H3. The van der Waals surface area contributed by atoms with Gasteiger partial charge in [0.2, 0.25) is 0 Å². The third-order valence-corrected chi connectivity index (χ3v) is 5.15. The van der Waals surface area contributed by atoms with Crippen LogP contribution in [0.5, 0.6) is 0 Å². The Morgan fingerprint density at radius 2 is 1.61 bits per heavy atom. The minimum Gasteiger partial charge on any atom is -0.389 e. The third kappa shape index (κ3) is 4.24. The summed E-state index contributed by atoms with van der Waals surface area (Å²) in [6.45, 7) is 6.56. The zero-order chi connectivity index (χ0) is 13.1. The lowest BCUT2D eigenvalue weighted by Crippen LogP contribution is -2.46. The van der Waals surface area contributed by atoms with E-state index >= 15 is 0 Å². The predicted octanol–water partition coefficient (Wildman–Crippen LogP) is 3.49. The Morgan fingerprint density at radius 3 is 2.22 bits per heavy atom. The fourth-order valence-corrected chi connectivity index (χ4v) is 3.47. The van der Waals surface area contributed by atoms with Crippen molar-refractivity contribution in [3.8, 4) is 0 Å². The predicted molar refractivity (Wildman–Crippen MR) is 76.6 cm³/mol. The molecule has 2 heteroatoms. The van der Waals surface area contributed by atoms with Crippen molar-refractivity contribution in [1.82, 2.24) is 5.32 Å². The van der Waals surface area contributed by atoms with E-state index in [2.05, 4.69) is 19.2 Å². The van der Waals surface area contributed by atoms with E-state index in [-0.39, 0.29) is 0 Å². The second-order valence-corrected chi connectivity index (χ2v) is 7.52. The van der Waals surface area contributed by atoms with E-state index in [1.54, 1.807) is 0 Å². The van der Waals surface area contributed by atoms with Crippen molar-refractivity contribution in [3.63, 3.8) is 0 Å². The van der Waals surface area contributed by atoms with Crippen LogP contribution in [-0.4, -0.2) is 23.8 Å². The van der Waals surface area contributed by atoms with Gasteiger partial charge in [0.1, 0.15) is 0 Å². The molecule has 106 valence electrons. The monoisotopic (exact) mass is 253 g/mol. The second kappa shape index (κ2) is 5.92. The van der Waals surface area contributed by atoms with Crippen molar-refractivity contribution in [2.45, 2.75) is 77.2 Å². The lowest BCUT2D eigenvalue weighted by atomic mass is 9.71. The van der Waals surface area contributed by atoms with Crippen LogP contribution < -0.4 is 5.32 Å². The molecule has 0 aromatic heterocycles. The smallest absolute Gasteiger partial charge is 0.0772 e. The maximum Gasteiger partial charge on any atom is 0.0772 e. The number of rotatable bonds is 4. The van der Waals surface area contributed by atoms with Gasteiger partial charge in [0, 0.05) is 6.54 Å². The Morgan fingerprint density at radius 1 is 1.00 bits per heavy atom. The highest BCUT2D eigenvalue weighted by Crippen LogP contribution is 2.39. The van der Waals surface area contributed by atoms with Crippen molar-refractivity contribution in [3.05, 3.63) is 0 Å². The summed E-state index contributed by atoms with van der Waals surface area (Å²) in [4.78, 5) is 0. The van der Waals surface area contributed by atoms with Crippen LogP contribution in [0.25, 0.3) is 0 Å². The highest BCUT2D eigenvalue weighted by Gasteiger charge is 2.36. The summed E-state index contributed by atoms with van der Waals surface area (Å²) in [5.74, 6) is 0.863. The van der Waals surface area contributed by atoms with Gasteiger partial charge in [-0.25, -0.2) is 0 Å². The fourth-order valence-electron chi connectivity index (χ4n) is 3.47. The van der Waals surface area contributed by atoms with E-state index in [0.29, 0.717) is 5.41 Å². The van der Waals surface area contributed by atoms with Crippen LogP contribution >= 0.6 is 0 Å². The average molecular weight is 253 g/mol. The van der Waals surface area contributed by atoms with Crippen LogP contribution in [0, 0.1) is 11.3 Å². The zero-order valence-electron chi connectivity index (χ0n) is 12.3. The lowest BCUT2D eigenvalue weighted by Gasteiger charge is -2.40. The van der Waals surface area contributed by atoms with E-state index in [1.807, 2.05) is 0 Å². The van der Waals surface area contributed by atoms with E-state index in [1.165, 1.54) is 32.1 Å². The van der Waals surface area contributed by atoms with E-state index < -0.39 is 5.60 Å². The molecule has 2 aliphatic rings. The summed E-state index contributed by atoms with van der Waals surface area (Å²) in [6, 6.07) is 0. The van der Waals surface area contributed by atoms with Crippen LogP contribution in [0.15, 0.2) is 0 Å². The molecule has 0 aromatic rings. The molecule has 2 fully saturated rings. The number of nitrogens with one attached hydrogen (secondary N) is 1. The van der Waals surface area contributed by atoms with Crippen molar-refractivity contribution in [1.29, 1.82) is 0 Å². The average Bonchev–Trinajstić information content (AvgIpc) is 2.35. The Balaban J connectivity index is 1.66. The van der Waals surface area contributed by atoms with E-state index in [0.717, 1.165) is 44.7 Å². The fraction of sp³-hybridized carbons (Fsp3) is 1.00. The maximum absolute atomic E-state index is 10.6. The zero-order valence-corrected chi connectivity index (χ0v) is 12.3. The molecule has 2 saturated carbocycles. The first-order chi connectivity index (χ1) is 8.49. The molecule has 2 rings (SSSR count). The van der Waals surface area contributed by atoms with Crippen LogP contribution in [-0.2, 0) is 0 Å². The van der Waals surface area contributed by atoms with Gasteiger partial charge in [0.25, 0.3) is 0 Å². The normalized spacial score (nSPS) is 28.2. The molecule has 18 heavy (non-hydrogen) atoms. The molecule has 0 atom stereocenters. The summed E-state index contributed by atoms with van der Waals surface area (Å²) < 4.78 is 0. The Hall–Kier alpha value is -0.0800. The summed E-state index contributed by atoms with van der Waals surface area (Å²) in [5, 5.41) is 14.1. The first-order valence-electron chi connectivity index (χ1n) is 7.92. The number of hydrogen-bond donors (Lipinski definition) is 2. The molecule has 2 nitrogen and oxygen atoms in total. The van der Waals surface area contributed by atoms with Gasteiger partial charge in [-0.15, -0.1) is 0 Å². The van der Waals surface area contributed by atoms with Gasteiger partial charge in [-0.2, -0.15) is 0 Å². The van der Waals surface area contributed by atoms with Gasteiger partial charge in [0.15, 0.2) is 0 Å². The summed E-state index contributed by atoms with van der Waals surface area (Å²) in [6.07, 6.45) is 11.3. The van der Waals surface area contributed by atoms with Gasteiger partial charge in [0.05, 0.1) is 5.60 Å². The number of aliphatic hydroxyl groups is 1. The van der Waals surface area contributed by atoms with Crippen molar-refractivity contribution < 1.29 is 5.11 Å². The van der Waals surface area contributed by atoms with Crippen LogP contribution in [0.4, 0.5) is 0 Å². The van der Waals surface area contributed by atoms with Gasteiger partial charge in [-0.05, 0) is 56.4 Å². The third-order valence-electron chi connectivity index (χ3n) is 5.15. The maximum atomic E-state index is 10.6. The Bertz CT molecular complexity index is 246. The topological polar surface area (TPSA) is 32.3 Å². The molecule has 0 aromatic carbocycles. The van der Waals surface area contributed by atoms with E-state index in [4.69, 9.17) is 0 Å². The Labute approximate surface area is 113 Å². The highest BCUT2D eigenvalue weighted by molar-refractivity contribution is 4.90. The van der Waals surface area contributed by atoms with Gasteiger partial charge < -0.3 is 10.4 Å². The summed E-state index contributed by atoms with van der Waals surface area (Å²) >= 11 is 0. The highest BCUT2D eigenvalue weighted by atomic mass is 16.3. The molecule has 0 amide bonds. The molecular weight excluding hydrogens is 222 g/mol. The Kier molecular flexibility index (Phi) is 4.71. The SMILES string of the molecule is CC1(C)CCC(O)(CNCC2CCCCC2)CC1. The minimum absolute atomic E-state index is 0.426. The molecule has 0 saturated heterocycles. The van der Waals surface area contributed by atoms with Crippen LogP contribution in [0.1, 0.15) is 71.6 Å². The van der Waals surface area contributed by atoms with E-state index in [9.17, 15) is 5.11 Å². The molecule has 0 spiro atoms. The summed E-state index contributed by atoms with van der Waals surface area (Å²) in [5.41, 5.74) is 0.0137. The molecule has 2 aliphatic carbocycles. The quantitative estimate of drug-likeness (QED) is 0.804. The first-order valence-corrected chi connectivity index (χ1v) is 7.92. The minimum atomic E-state index is -0.426. The first kappa shape index (κ1) is 14.3. The molecule has 0 aliphatic heterocycles. The van der Waals surface area contributed by atoms with Gasteiger partial charge >= 0.3 is 0 Å². The van der Waals surface area contributed by atoms with Crippen LogP contribution in [0.2, 0.25) is 0 Å². The van der Waals surface area contributed by atoms with Crippen molar-refractivity contribution >= 4 is 0 Å². The van der Waals surface area contributed by atoms with Crippen molar-refractivity contribution in [2.24, 2.45) is 11.3 Å². The molecule has 2 N–H and O–H groups in total. The second-order valence-electron chi connectivity index (χ2n) is 7.52. The lowest BCUT2D eigenvalue weighted by molar-refractivity contribution is -0.0249. The molecule has 0 heterocycles. The van der Waals surface area contributed by atoms with Crippen LogP contribution in [0.3, 0.4) is 0 Å². The van der Waals surface area contributed by atoms with Gasteiger partial charge in [-0.1, -0.05) is 33.1 Å². The van der Waals surface area contributed by atoms with Gasteiger partial charge in [-0.3, -0.25) is 0 Å². The van der Waals surface area contributed by atoms with Crippen molar-refractivity contribution in [2.75, 3.05) is 13.1 Å². The molecular formula is C16H31NO. The summed E-state index contributed by atoms with van der Waals surface area (Å²) in [7, 11) is 0. The molecule has 0 bridgehead atoms. The molecule has 0 radical (unpaired) electrons. The number of hydrogen-bond acceptors (Lipinski definition) is 2. The molecule has 0 unspecified atom stereocenters.